The normalized spacial score (nSPS) is 10.2. The molecular formula is C13H13ClN4OS. The summed E-state index contributed by atoms with van der Waals surface area (Å²) in [7, 11) is 0. The van der Waals surface area contributed by atoms with E-state index in [1.807, 2.05) is 6.07 Å². The van der Waals surface area contributed by atoms with Crippen molar-refractivity contribution in [2.45, 2.75) is 11.4 Å². The highest BCUT2D eigenvalue weighted by Gasteiger charge is 2.05. The van der Waals surface area contributed by atoms with Gasteiger partial charge in [-0.2, -0.15) is 0 Å². The van der Waals surface area contributed by atoms with E-state index in [9.17, 15) is 4.79 Å². The van der Waals surface area contributed by atoms with Gasteiger partial charge in [-0.25, -0.2) is 9.97 Å². The van der Waals surface area contributed by atoms with Gasteiger partial charge in [-0.1, -0.05) is 11.6 Å². The molecule has 0 saturated carbocycles. The van der Waals surface area contributed by atoms with Crippen LogP contribution in [0.3, 0.4) is 0 Å². The van der Waals surface area contributed by atoms with E-state index in [4.69, 9.17) is 17.3 Å². The number of nitrogen functional groups attached to an aromatic ring is 1. The molecule has 0 unspecified atom stereocenters. The number of hydrogen-bond donors (Lipinski definition) is 2. The van der Waals surface area contributed by atoms with Crippen LogP contribution in [0.2, 0.25) is 5.02 Å². The molecule has 7 heteroatoms. The lowest BCUT2D eigenvalue weighted by Crippen LogP contribution is -2.12. The average molecular weight is 309 g/mol. The van der Waals surface area contributed by atoms with Crippen molar-refractivity contribution >= 4 is 40.6 Å². The summed E-state index contributed by atoms with van der Waals surface area (Å²) in [6.07, 6.45) is 3.54. The first-order valence-electron chi connectivity index (χ1n) is 5.89. The summed E-state index contributed by atoms with van der Waals surface area (Å²) in [6, 6.07) is 6.82. The summed E-state index contributed by atoms with van der Waals surface area (Å²) in [6.45, 7) is 0. The molecule has 0 aliphatic heterocycles. The number of carbonyl (C=O) groups is 1. The average Bonchev–Trinajstić information content (AvgIpc) is 2.44. The molecular weight excluding hydrogens is 296 g/mol. The Kier molecular flexibility index (Phi) is 5.20. The molecule has 0 fully saturated rings. The number of thioether (sulfide) groups is 1. The number of halogens is 1. The molecule has 1 amide bonds. The molecule has 0 saturated heterocycles. The summed E-state index contributed by atoms with van der Waals surface area (Å²) >= 11 is 7.32. The maximum Gasteiger partial charge on any atom is 0.225 e. The quantitative estimate of drug-likeness (QED) is 0.504. The zero-order valence-electron chi connectivity index (χ0n) is 10.5. The van der Waals surface area contributed by atoms with E-state index in [0.29, 0.717) is 28.6 Å². The molecule has 3 N–H and O–H groups in total. The Morgan fingerprint density at radius 2 is 2.25 bits per heavy atom. The van der Waals surface area contributed by atoms with Crippen molar-refractivity contribution in [2.24, 2.45) is 0 Å². The standard InChI is InChI=1S/C13H13ClN4OS/c14-10-2-1-9(7-11(10)15)18-12(19)4-6-20-13-3-5-16-8-17-13/h1-3,5,7-8H,4,6,15H2,(H,18,19). The highest BCUT2D eigenvalue weighted by molar-refractivity contribution is 7.99. The number of rotatable bonds is 5. The monoisotopic (exact) mass is 308 g/mol. The van der Waals surface area contributed by atoms with Gasteiger partial charge in [0.25, 0.3) is 0 Å². The minimum absolute atomic E-state index is 0.0757. The maximum absolute atomic E-state index is 11.8. The van der Waals surface area contributed by atoms with Crippen LogP contribution in [0.1, 0.15) is 6.42 Å². The van der Waals surface area contributed by atoms with Crippen LogP contribution in [-0.4, -0.2) is 21.6 Å². The van der Waals surface area contributed by atoms with Gasteiger partial charge in [-0.15, -0.1) is 11.8 Å². The van der Waals surface area contributed by atoms with Gasteiger partial charge in [0.15, 0.2) is 0 Å². The van der Waals surface area contributed by atoms with Crippen LogP contribution in [0, 0.1) is 0 Å². The molecule has 0 atom stereocenters. The molecule has 104 valence electrons. The molecule has 2 aromatic rings. The van der Waals surface area contributed by atoms with Crippen molar-refractivity contribution in [3.05, 3.63) is 41.8 Å². The molecule has 0 radical (unpaired) electrons. The summed E-state index contributed by atoms with van der Waals surface area (Å²) in [5.74, 6) is 0.569. The van der Waals surface area contributed by atoms with Gasteiger partial charge in [0, 0.05) is 24.1 Å². The zero-order valence-corrected chi connectivity index (χ0v) is 12.1. The number of aromatic nitrogens is 2. The number of nitrogens with zero attached hydrogens (tertiary/aromatic N) is 2. The van der Waals surface area contributed by atoms with Crippen LogP contribution in [0.4, 0.5) is 11.4 Å². The molecule has 5 nitrogen and oxygen atoms in total. The van der Waals surface area contributed by atoms with Crippen molar-refractivity contribution in [3.63, 3.8) is 0 Å². The molecule has 1 aromatic heterocycles. The number of amides is 1. The number of benzene rings is 1. The Hall–Kier alpha value is -1.79. The molecule has 2 rings (SSSR count). The van der Waals surface area contributed by atoms with E-state index >= 15 is 0 Å². The lowest BCUT2D eigenvalue weighted by Gasteiger charge is -2.06. The van der Waals surface area contributed by atoms with Gasteiger partial charge in [-0.3, -0.25) is 4.79 Å². The Morgan fingerprint density at radius 3 is 2.95 bits per heavy atom. The predicted molar refractivity (Wildman–Crippen MR) is 81.9 cm³/mol. The molecule has 0 bridgehead atoms. The van der Waals surface area contributed by atoms with Crippen LogP contribution < -0.4 is 11.1 Å². The third kappa shape index (κ3) is 4.40. The Labute approximate surface area is 126 Å². The lowest BCUT2D eigenvalue weighted by molar-refractivity contribution is -0.115. The number of carbonyl (C=O) groups excluding carboxylic acids is 1. The molecule has 0 spiro atoms. The van der Waals surface area contributed by atoms with Crippen molar-refractivity contribution in [1.82, 2.24) is 9.97 Å². The van der Waals surface area contributed by atoms with Gasteiger partial charge in [-0.05, 0) is 24.3 Å². The molecule has 0 aliphatic carbocycles. The predicted octanol–water partition coefficient (Wildman–Crippen LogP) is 2.83. The SMILES string of the molecule is Nc1cc(NC(=O)CCSc2ccncn2)ccc1Cl. The highest BCUT2D eigenvalue weighted by Crippen LogP contribution is 2.22. The van der Waals surface area contributed by atoms with E-state index in [2.05, 4.69) is 15.3 Å². The van der Waals surface area contributed by atoms with Gasteiger partial charge in [0.05, 0.1) is 15.7 Å². The Morgan fingerprint density at radius 1 is 1.40 bits per heavy atom. The van der Waals surface area contributed by atoms with Crippen LogP contribution in [-0.2, 0) is 4.79 Å². The van der Waals surface area contributed by atoms with Gasteiger partial charge in [0.1, 0.15) is 6.33 Å². The van der Waals surface area contributed by atoms with Crippen molar-refractivity contribution < 1.29 is 4.79 Å². The van der Waals surface area contributed by atoms with Crippen molar-refractivity contribution in [1.29, 1.82) is 0 Å². The van der Waals surface area contributed by atoms with Crippen LogP contribution in [0.15, 0.2) is 41.8 Å². The topological polar surface area (TPSA) is 80.9 Å². The second-order valence-electron chi connectivity index (χ2n) is 3.93. The highest BCUT2D eigenvalue weighted by atomic mass is 35.5. The fraction of sp³-hybridized carbons (Fsp3) is 0.154. The molecule has 20 heavy (non-hydrogen) atoms. The Bertz CT molecular complexity index is 594. The van der Waals surface area contributed by atoms with Crippen LogP contribution in [0.25, 0.3) is 0 Å². The van der Waals surface area contributed by atoms with E-state index in [1.165, 1.54) is 18.1 Å². The van der Waals surface area contributed by atoms with E-state index in [-0.39, 0.29) is 5.91 Å². The third-order valence-electron chi connectivity index (χ3n) is 2.41. The largest absolute Gasteiger partial charge is 0.397 e. The van der Waals surface area contributed by atoms with Crippen LogP contribution >= 0.6 is 23.4 Å². The van der Waals surface area contributed by atoms with Gasteiger partial charge in [0.2, 0.25) is 5.91 Å². The third-order valence-corrected chi connectivity index (χ3v) is 3.70. The summed E-state index contributed by atoms with van der Waals surface area (Å²) in [5.41, 5.74) is 6.76. The molecule has 1 heterocycles. The number of anilines is 2. The van der Waals surface area contributed by atoms with Crippen molar-refractivity contribution in [3.8, 4) is 0 Å². The number of hydrogen-bond acceptors (Lipinski definition) is 5. The van der Waals surface area contributed by atoms with E-state index < -0.39 is 0 Å². The summed E-state index contributed by atoms with van der Waals surface area (Å²) in [4.78, 5) is 19.7. The minimum atomic E-state index is -0.0757. The number of nitrogens with two attached hydrogens (primary N) is 1. The second kappa shape index (κ2) is 7.12. The first-order chi connectivity index (χ1) is 9.65. The van der Waals surface area contributed by atoms with Gasteiger partial charge >= 0.3 is 0 Å². The van der Waals surface area contributed by atoms with E-state index in [0.717, 1.165) is 5.03 Å². The summed E-state index contributed by atoms with van der Waals surface area (Å²) < 4.78 is 0. The minimum Gasteiger partial charge on any atom is -0.397 e. The Balaban J connectivity index is 1.79. The fourth-order valence-corrected chi connectivity index (χ4v) is 2.35. The second-order valence-corrected chi connectivity index (χ2v) is 5.45. The molecule has 1 aromatic carbocycles. The first kappa shape index (κ1) is 14.6. The van der Waals surface area contributed by atoms with E-state index in [1.54, 1.807) is 24.4 Å². The van der Waals surface area contributed by atoms with Gasteiger partial charge < -0.3 is 11.1 Å². The lowest BCUT2D eigenvalue weighted by atomic mass is 10.2. The fourth-order valence-electron chi connectivity index (χ4n) is 1.46. The number of nitrogens with one attached hydrogen (secondary N) is 1. The molecule has 0 aliphatic rings. The first-order valence-corrected chi connectivity index (χ1v) is 7.25. The summed E-state index contributed by atoms with van der Waals surface area (Å²) in [5, 5.41) is 4.10. The maximum atomic E-state index is 11.8. The van der Waals surface area contributed by atoms with Crippen molar-refractivity contribution in [2.75, 3.05) is 16.8 Å². The van der Waals surface area contributed by atoms with Crippen LogP contribution in [0.5, 0.6) is 0 Å². The smallest absolute Gasteiger partial charge is 0.225 e. The zero-order chi connectivity index (χ0) is 14.4.